The maximum Gasteiger partial charge on any atom is 0.0550 e. The van der Waals surface area contributed by atoms with Crippen molar-refractivity contribution < 1.29 is 0 Å². The number of aryl methyl sites for hydroxylation is 2. The highest BCUT2D eigenvalue weighted by Crippen LogP contribution is 2.22. The van der Waals surface area contributed by atoms with Gasteiger partial charge in [-0.25, -0.2) is 0 Å². The summed E-state index contributed by atoms with van der Waals surface area (Å²) in [5.41, 5.74) is 6.78. The molecule has 0 spiro atoms. The molecule has 90 valence electrons. The SMILES string of the molecule is Cc1cc(C)cc(C(CSC(C)C)NN)c1. The largest absolute Gasteiger partial charge is 0.271 e. The van der Waals surface area contributed by atoms with Crippen molar-refractivity contribution >= 4 is 11.8 Å². The minimum Gasteiger partial charge on any atom is -0.271 e. The fourth-order valence-corrected chi connectivity index (χ4v) is 2.61. The molecule has 3 heteroatoms. The molecule has 1 aromatic carbocycles. The smallest absolute Gasteiger partial charge is 0.0550 e. The topological polar surface area (TPSA) is 38.0 Å². The van der Waals surface area contributed by atoms with E-state index in [0.29, 0.717) is 5.25 Å². The molecule has 0 heterocycles. The molecule has 0 saturated heterocycles. The van der Waals surface area contributed by atoms with Crippen LogP contribution in [0.15, 0.2) is 18.2 Å². The number of nitrogens with one attached hydrogen (secondary N) is 1. The van der Waals surface area contributed by atoms with Gasteiger partial charge in [0.2, 0.25) is 0 Å². The van der Waals surface area contributed by atoms with E-state index in [4.69, 9.17) is 5.84 Å². The lowest BCUT2D eigenvalue weighted by atomic mass is 10.0. The zero-order chi connectivity index (χ0) is 12.1. The molecule has 1 aromatic rings. The molecule has 0 fully saturated rings. The van der Waals surface area contributed by atoms with Gasteiger partial charge in [-0.05, 0) is 24.7 Å². The number of hydrogen-bond acceptors (Lipinski definition) is 3. The Morgan fingerprint density at radius 1 is 1.19 bits per heavy atom. The van der Waals surface area contributed by atoms with E-state index in [1.165, 1.54) is 16.7 Å². The number of rotatable bonds is 5. The van der Waals surface area contributed by atoms with Gasteiger partial charge < -0.3 is 0 Å². The third kappa shape index (κ3) is 4.16. The molecule has 1 atom stereocenters. The average molecular weight is 238 g/mol. The van der Waals surface area contributed by atoms with Gasteiger partial charge in [-0.1, -0.05) is 43.2 Å². The highest BCUT2D eigenvalue weighted by Gasteiger charge is 2.11. The first-order chi connectivity index (χ1) is 7.52. The molecule has 3 N–H and O–H groups in total. The van der Waals surface area contributed by atoms with E-state index in [0.717, 1.165) is 5.75 Å². The second kappa shape index (κ2) is 6.28. The molecule has 2 nitrogen and oxygen atoms in total. The van der Waals surface area contributed by atoms with E-state index in [1.54, 1.807) is 0 Å². The number of hydrogen-bond donors (Lipinski definition) is 2. The number of thioether (sulfide) groups is 1. The van der Waals surface area contributed by atoms with Crippen molar-refractivity contribution in [1.29, 1.82) is 0 Å². The lowest BCUT2D eigenvalue weighted by molar-refractivity contribution is 0.609. The van der Waals surface area contributed by atoms with Crippen LogP contribution in [0.1, 0.15) is 36.6 Å². The summed E-state index contributed by atoms with van der Waals surface area (Å²) < 4.78 is 0. The molecule has 0 aliphatic carbocycles. The molecule has 16 heavy (non-hydrogen) atoms. The van der Waals surface area contributed by atoms with E-state index >= 15 is 0 Å². The minimum atomic E-state index is 0.242. The second-order valence-electron chi connectivity index (χ2n) is 4.52. The Hall–Kier alpha value is -0.510. The first-order valence-corrected chi connectivity index (χ1v) is 6.73. The lowest BCUT2D eigenvalue weighted by Crippen LogP contribution is -2.30. The number of benzene rings is 1. The summed E-state index contributed by atoms with van der Waals surface area (Å²) in [6.07, 6.45) is 0. The van der Waals surface area contributed by atoms with Crippen LogP contribution in [0.4, 0.5) is 0 Å². The highest BCUT2D eigenvalue weighted by atomic mass is 32.2. The van der Waals surface area contributed by atoms with Crippen LogP contribution in [0.3, 0.4) is 0 Å². The first-order valence-electron chi connectivity index (χ1n) is 5.69. The molecule has 0 aromatic heterocycles. The van der Waals surface area contributed by atoms with Crippen molar-refractivity contribution in [3.8, 4) is 0 Å². The molecule has 1 unspecified atom stereocenters. The Morgan fingerprint density at radius 2 is 1.75 bits per heavy atom. The van der Waals surface area contributed by atoms with Gasteiger partial charge in [-0.3, -0.25) is 11.3 Å². The number of hydrazine groups is 1. The summed E-state index contributed by atoms with van der Waals surface area (Å²) in [4.78, 5) is 0. The van der Waals surface area contributed by atoms with Crippen molar-refractivity contribution in [3.63, 3.8) is 0 Å². The predicted octanol–water partition coefficient (Wildman–Crippen LogP) is 2.95. The molecule has 0 radical (unpaired) electrons. The van der Waals surface area contributed by atoms with Crippen LogP contribution in [0.25, 0.3) is 0 Å². The molecule has 0 amide bonds. The fourth-order valence-electron chi connectivity index (χ4n) is 1.74. The Bertz CT molecular complexity index is 316. The maximum atomic E-state index is 5.63. The van der Waals surface area contributed by atoms with Crippen molar-refractivity contribution in [3.05, 3.63) is 34.9 Å². The van der Waals surface area contributed by atoms with Crippen LogP contribution in [0, 0.1) is 13.8 Å². The molecular weight excluding hydrogens is 216 g/mol. The van der Waals surface area contributed by atoms with Crippen molar-refractivity contribution in [2.45, 2.75) is 39.0 Å². The van der Waals surface area contributed by atoms with Crippen LogP contribution in [0.2, 0.25) is 0 Å². The third-order valence-corrected chi connectivity index (χ3v) is 3.64. The highest BCUT2D eigenvalue weighted by molar-refractivity contribution is 7.99. The molecule has 0 bridgehead atoms. The summed E-state index contributed by atoms with van der Waals surface area (Å²) in [7, 11) is 0. The average Bonchev–Trinajstić information content (AvgIpc) is 2.16. The maximum absolute atomic E-state index is 5.63. The Labute approximate surface area is 103 Å². The monoisotopic (exact) mass is 238 g/mol. The van der Waals surface area contributed by atoms with E-state index in [1.807, 2.05) is 11.8 Å². The van der Waals surface area contributed by atoms with Crippen molar-refractivity contribution in [1.82, 2.24) is 5.43 Å². The predicted molar refractivity (Wildman–Crippen MR) is 73.6 cm³/mol. The number of nitrogens with two attached hydrogens (primary N) is 1. The zero-order valence-electron chi connectivity index (χ0n) is 10.6. The van der Waals surface area contributed by atoms with E-state index < -0.39 is 0 Å². The van der Waals surface area contributed by atoms with Gasteiger partial charge in [0, 0.05) is 5.75 Å². The summed E-state index contributed by atoms with van der Waals surface area (Å²) in [6.45, 7) is 8.67. The Kier molecular flexibility index (Phi) is 5.32. The van der Waals surface area contributed by atoms with Crippen LogP contribution in [-0.2, 0) is 0 Å². The van der Waals surface area contributed by atoms with Gasteiger partial charge in [-0.2, -0.15) is 11.8 Å². The van der Waals surface area contributed by atoms with Gasteiger partial charge in [0.25, 0.3) is 0 Å². The molecular formula is C13H22N2S. The Balaban J connectivity index is 2.78. The van der Waals surface area contributed by atoms with Gasteiger partial charge in [0.1, 0.15) is 0 Å². The summed E-state index contributed by atoms with van der Waals surface area (Å²) in [5.74, 6) is 6.64. The summed E-state index contributed by atoms with van der Waals surface area (Å²) >= 11 is 1.93. The minimum absolute atomic E-state index is 0.242. The van der Waals surface area contributed by atoms with E-state index in [2.05, 4.69) is 51.3 Å². The van der Waals surface area contributed by atoms with E-state index in [-0.39, 0.29) is 6.04 Å². The quantitative estimate of drug-likeness (QED) is 0.612. The van der Waals surface area contributed by atoms with Gasteiger partial charge in [-0.15, -0.1) is 0 Å². The molecule has 0 saturated carbocycles. The second-order valence-corrected chi connectivity index (χ2v) is 6.13. The Morgan fingerprint density at radius 3 is 2.19 bits per heavy atom. The summed E-state index contributed by atoms with van der Waals surface area (Å²) in [6, 6.07) is 6.84. The van der Waals surface area contributed by atoms with Gasteiger partial charge in [0.05, 0.1) is 6.04 Å². The normalized spacial score (nSPS) is 13.1. The van der Waals surface area contributed by atoms with Crippen LogP contribution < -0.4 is 11.3 Å². The third-order valence-electron chi connectivity index (χ3n) is 2.44. The van der Waals surface area contributed by atoms with Crippen LogP contribution in [0.5, 0.6) is 0 Å². The van der Waals surface area contributed by atoms with E-state index in [9.17, 15) is 0 Å². The fraction of sp³-hybridized carbons (Fsp3) is 0.538. The van der Waals surface area contributed by atoms with Gasteiger partial charge in [0.15, 0.2) is 0 Å². The van der Waals surface area contributed by atoms with Crippen LogP contribution in [-0.4, -0.2) is 11.0 Å². The van der Waals surface area contributed by atoms with Crippen LogP contribution >= 0.6 is 11.8 Å². The standard InChI is InChI=1S/C13H22N2S/c1-9(2)16-8-13(15-14)12-6-10(3)5-11(4)7-12/h5-7,9,13,15H,8,14H2,1-4H3. The molecule has 1 rings (SSSR count). The lowest BCUT2D eigenvalue weighted by Gasteiger charge is -2.18. The van der Waals surface area contributed by atoms with Crippen molar-refractivity contribution in [2.75, 3.05) is 5.75 Å². The summed E-state index contributed by atoms with van der Waals surface area (Å²) in [5, 5.41) is 0.641. The van der Waals surface area contributed by atoms with Crippen molar-refractivity contribution in [2.24, 2.45) is 5.84 Å². The first kappa shape index (κ1) is 13.6. The zero-order valence-corrected chi connectivity index (χ0v) is 11.4. The molecule has 0 aliphatic heterocycles. The molecule has 0 aliphatic rings. The van der Waals surface area contributed by atoms with Gasteiger partial charge >= 0.3 is 0 Å².